The van der Waals surface area contributed by atoms with Gasteiger partial charge in [0.1, 0.15) is 0 Å². The standard InChI is InChI=1S/C16H18F3N3O3S/c17-16(18,19)10-26(23,24)12-5-3-11(4-6-12)9-13-21-14(22-25-13)15(20)7-1-2-8-15/h3-6H,1-2,7-10,20H2. The minimum absolute atomic E-state index is 0.239. The van der Waals surface area contributed by atoms with Crippen LogP contribution in [0.5, 0.6) is 0 Å². The molecule has 10 heteroatoms. The summed E-state index contributed by atoms with van der Waals surface area (Å²) >= 11 is 0. The molecule has 0 aliphatic heterocycles. The van der Waals surface area contributed by atoms with Crippen molar-refractivity contribution in [3.05, 3.63) is 41.5 Å². The third-order valence-electron chi connectivity index (χ3n) is 4.40. The number of sulfone groups is 1. The van der Waals surface area contributed by atoms with Crippen molar-refractivity contribution in [1.82, 2.24) is 10.1 Å². The van der Waals surface area contributed by atoms with Gasteiger partial charge in [0.05, 0.1) is 16.9 Å². The molecule has 6 nitrogen and oxygen atoms in total. The second-order valence-electron chi connectivity index (χ2n) is 6.57. The van der Waals surface area contributed by atoms with E-state index >= 15 is 0 Å². The minimum atomic E-state index is -4.78. The van der Waals surface area contributed by atoms with E-state index in [-0.39, 0.29) is 11.3 Å². The molecule has 1 aliphatic rings. The molecule has 0 spiro atoms. The van der Waals surface area contributed by atoms with E-state index in [0.29, 0.717) is 17.3 Å². The topological polar surface area (TPSA) is 99.1 Å². The van der Waals surface area contributed by atoms with Crippen molar-refractivity contribution < 1.29 is 26.1 Å². The van der Waals surface area contributed by atoms with Crippen LogP contribution in [-0.4, -0.2) is 30.5 Å². The number of alkyl halides is 3. The monoisotopic (exact) mass is 389 g/mol. The van der Waals surface area contributed by atoms with Crippen molar-refractivity contribution in [2.75, 3.05) is 5.75 Å². The highest BCUT2D eigenvalue weighted by Gasteiger charge is 2.37. The largest absolute Gasteiger partial charge is 0.403 e. The first-order chi connectivity index (χ1) is 12.1. The molecule has 0 unspecified atom stereocenters. The van der Waals surface area contributed by atoms with Gasteiger partial charge in [-0.3, -0.25) is 0 Å². The number of rotatable bonds is 5. The van der Waals surface area contributed by atoms with Crippen LogP contribution in [0.2, 0.25) is 0 Å². The van der Waals surface area contributed by atoms with Crippen LogP contribution in [0.4, 0.5) is 13.2 Å². The van der Waals surface area contributed by atoms with Crippen molar-refractivity contribution in [3.8, 4) is 0 Å². The number of hydrogen-bond donors (Lipinski definition) is 1. The van der Waals surface area contributed by atoms with Gasteiger partial charge in [-0.2, -0.15) is 18.2 Å². The van der Waals surface area contributed by atoms with Gasteiger partial charge < -0.3 is 10.3 Å². The molecule has 3 rings (SSSR count). The van der Waals surface area contributed by atoms with E-state index in [1.807, 2.05) is 0 Å². The van der Waals surface area contributed by atoms with Gasteiger partial charge in [0, 0.05) is 0 Å². The molecule has 1 aliphatic carbocycles. The molecule has 0 radical (unpaired) electrons. The fraction of sp³-hybridized carbons (Fsp3) is 0.500. The first-order valence-electron chi connectivity index (χ1n) is 8.08. The Balaban J connectivity index is 1.71. The molecule has 1 fully saturated rings. The van der Waals surface area contributed by atoms with Crippen LogP contribution < -0.4 is 5.73 Å². The number of nitrogens with two attached hydrogens (primary N) is 1. The Kier molecular flexibility index (Phi) is 4.82. The van der Waals surface area contributed by atoms with Crippen LogP contribution in [0.1, 0.15) is 43.0 Å². The van der Waals surface area contributed by atoms with Crippen LogP contribution in [0, 0.1) is 0 Å². The number of aromatic nitrogens is 2. The predicted molar refractivity (Wildman–Crippen MR) is 86.0 cm³/mol. The molecule has 0 amide bonds. The average molecular weight is 389 g/mol. The summed E-state index contributed by atoms with van der Waals surface area (Å²) in [6.45, 7) is 0. The van der Waals surface area contributed by atoms with Gasteiger partial charge in [0.25, 0.3) is 0 Å². The second kappa shape index (κ2) is 6.66. The molecule has 142 valence electrons. The smallest absolute Gasteiger partial charge is 0.339 e. The van der Waals surface area contributed by atoms with E-state index < -0.39 is 27.3 Å². The highest BCUT2D eigenvalue weighted by Crippen LogP contribution is 2.34. The highest BCUT2D eigenvalue weighted by molar-refractivity contribution is 7.91. The Morgan fingerprint density at radius 1 is 1.15 bits per heavy atom. The summed E-state index contributed by atoms with van der Waals surface area (Å²) in [5.41, 5.74) is 6.33. The third kappa shape index (κ3) is 4.24. The van der Waals surface area contributed by atoms with Crippen LogP contribution >= 0.6 is 0 Å². The average Bonchev–Trinajstić information content (AvgIpc) is 3.16. The van der Waals surface area contributed by atoms with Gasteiger partial charge in [0.15, 0.2) is 21.4 Å². The Morgan fingerprint density at radius 2 is 1.77 bits per heavy atom. The van der Waals surface area contributed by atoms with Crippen molar-refractivity contribution >= 4 is 9.84 Å². The summed E-state index contributed by atoms with van der Waals surface area (Å²) in [6.07, 6.45) is -0.948. The predicted octanol–water partition coefficient (Wildman–Crippen LogP) is 2.72. The summed E-state index contributed by atoms with van der Waals surface area (Å²) in [7, 11) is -4.42. The zero-order valence-electron chi connectivity index (χ0n) is 13.8. The highest BCUT2D eigenvalue weighted by atomic mass is 32.2. The molecule has 1 saturated carbocycles. The van der Waals surface area contributed by atoms with Gasteiger partial charge >= 0.3 is 6.18 Å². The summed E-state index contributed by atoms with van der Waals surface area (Å²) in [5, 5.41) is 3.93. The maximum Gasteiger partial charge on any atom is 0.403 e. The molecule has 1 aromatic carbocycles. The number of nitrogens with zero attached hydrogens (tertiary/aromatic N) is 2. The molecule has 1 heterocycles. The summed E-state index contributed by atoms with van der Waals surface area (Å²) in [4.78, 5) is 3.93. The van der Waals surface area contributed by atoms with Gasteiger partial charge in [-0.05, 0) is 30.5 Å². The Hall–Kier alpha value is -1.94. The summed E-state index contributed by atoms with van der Waals surface area (Å²) in [5.74, 6) is -1.11. The molecule has 2 aromatic rings. The van der Waals surface area contributed by atoms with Crippen LogP contribution in [-0.2, 0) is 21.8 Å². The van der Waals surface area contributed by atoms with Gasteiger partial charge in [-0.25, -0.2) is 8.42 Å². The lowest BCUT2D eigenvalue weighted by Gasteiger charge is -2.17. The molecule has 0 bridgehead atoms. The minimum Gasteiger partial charge on any atom is -0.339 e. The number of hydrogen-bond acceptors (Lipinski definition) is 6. The maximum atomic E-state index is 12.3. The van der Waals surface area contributed by atoms with Crippen LogP contribution in [0.15, 0.2) is 33.7 Å². The fourth-order valence-electron chi connectivity index (χ4n) is 3.05. The number of benzene rings is 1. The van der Waals surface area contributed by atoms with Crippen molar-refractivity contribution in [3.63, 3.8) is 0 Å². The molecular weight excluding hydrogens is 371 g/mol. The molecule has 0 saturated heterocycles. The molecule has 26 heavy (non-hydrogen) atoms. The first kappa shape index (κ1) is 18.8. The first-order valence-corrected chi connectivity index (χ1v) is 9.73. The zero-order chi connectivity index (χ0) is 19.0. The Morgan fingerprint density at radius 3 is 2.35 bits per heavy atom. The van der Waals surface area contributed by atoms with Crippen LogP contribution in [0.3, 0.4) is 0 Å². The van der Waals surface area contributed by atoms with E-state index in [1.165, 1.54) is 12.1 Å². The molecular formula is C16H18F3N3O3S. The van der Waals surface area contributed by atoms with Crippen molar-refractivity contribution in [2.24, 2.45) is 5.73 Å². The molecule has 0 atom stereocenters. The van der Waals surface area contributed by atoms with Crippen molar-refractivity contribution in [2.45, 2.75) is 48.7 Å². The van der Waals surface area contributed by atoms with Crippen LogP contribution in [0.25, 0.3) is 0 Å². The van der Waals surface area contributed by atoms with E-state index in [1.54, 1.807) is 0 Å². The SMILES string of the molecule is NC1(c2noc(Cc3ccc(S(=O)(=O)CC(F)(F)F)cc3)n2)CCCC1. The van der Waals surface area contributed by atoms with E-state index in [0.717, 1.165) is 37.8 Å². The lowest BCUT2D eigenvalue weighted by molar-refractivity contribution is -0.106. The van der Waals surface area contributed by atoms with Gasteiger partial charge in [-0.15, -0.1) is 0 Å². The lowest BCUT2D eigenvalue weighted by Crippen LogP contribution is -2.34. The quantitative estimate of drug-likeness (QED) is 0.844. The fourth-order valence-corrected chi connectivity index (χ4v) is 4.19. The summed E-state index contributed by atoms with van der Waals surface area (Å²) in [6, 6.07) is 5.16. The van der Waals surface area contributed by atoms with Gasteiger partial charge in [-0.1, -0.05) is 30.1 Å². The molecule has 1 aromatic heterocycles. The van der Waals surface area contributed by atoms with Crippen molar-refractivity contribution in [1.29, 1.82) is 0 Å². The second-order valence-corrected chi connectivity index (χ2v) is 8.56. The molecule has 2 N–H and O–H groups in total. The zero-order valence-corrected chi connectivity index (χ0v) is 14.6. The van der Waals surface area contributed by atoms with E-state index in [4.69, 9.17) is 10.3 Å². The van der Waals surface area contributed by atoms with Gasteiger partial charge in [0.2, 0.25) is 5.89 Å². The maximum absolute atomic E-state index is 12.3. The summed E-state index contributed by atoms with van der Waals surface area (Å²) < 4.78 is 65.7. The van der Waals surface area contributed by atoms with E-state index in [9.17, 15) is 21.6 Å². The Bertz CT molecular complexity index is 870. The Labute approximate surface area is 148 Å². The normalized spacial score (nSPS) is 17.5. The third-order valence-corrected chi connectivity index (χ3v) is 6.10. The van der Waals surface area contributed by atoms with E-state index in [2.05, 4.69) is 10.1 Å². The lowest BCUT2D eigenvalue weighted by atomic mass is 9.99. The number of halogens is 3.